The molecule has 1 unspecified atom stereocenters. The molecule has 1 N–H and O–H groups in total. The Morgan fingerprint density at radius 1 is 1.35 bits per heavy atom. The molecule has 1 aromatic rings. The maximum Gasteiger partial charge on any atom is 0.408 e. The van der Waals surface area contributed by atoms with E-state index in [9.17, 15) is 4.79 Å². The summed E-state index contributed by atoms with van der Waals surface area (Å²) in [4.78, 5) is 16.3. The maximum absolute atomic E-state index is 11.9. The van der Waals surface area contributed by atoms with Crippen LogP contribution in [0.1, 0.15) is 70.1 Å². The normalized spacial score (nSPS) is 20.6. The van der Waals surface area contributed by atoms with Crippen molar-refractivity contribution in [1.29, 1.82) is 0 Å². The van der Waals surface area contributed by atoms with Crippen molar-refractivity contribution in [3.05, 3.63) is 11.7 Å². The summed E-state index contributed by atoms with van der Waals surface area (Å²) in [5, 5.41) is 6.91. The second-order valence-electron chi connectivity index (χ2n) is 6.73. The highest BCUT2D eigenvalue weighted by atomic mass is 16.6. The molecular weight excluding hydrogens is 258 g/mol. The van der Waals surface area contributed by atoms with Gasteiger partial charge in [0.25, 0.3) is 0 Å². The van der Waals surface area contributed by atoms with Crippen molar-refractivity contribution in [2.45, 2.75) is 64.0 Å². The standard InChI is InChI=1S/C14H21N3O3/c1-14(2,3)19-13(18)15-10(8-4-5-8)11-16-12(20-17-11)9-6-7-9/h8-10H,4-7H2,1-3H3,(H,15,18). The average Bonchev–Trinajstić information content (AvgIpc) is 3.22. The molecule has 1 atom stereocenters. The minimum absolute atomic E-state index is 0.193. The molecule has 6 nitrogen and oxygen atoms in total. The number of hydrogen-bond donors (Lipinski definition) is 1. The van der Waals surface area contributed by atoms with Crippen LogP contribution in [0, 0.1) is 5.92 Å². The number of rotatable bonds is 4. The monoisotopic (exact) mass is 279 g/mol. The zero-order chi connectivity index (χ0) is 14.3. The van der Waals surface area contributed by atoms with Crippen LogP contribution in [0.25, 0.3) is 0 Å². The lowest BCUT2D eigenvalue weighted by atomic mass is 10.1. The Labute approximate surface area is 118 Å². The molecule has 0 bridgehead atoms. The van der Waals surface area contributed by atoms with E-state index in [1.165, 1.54) is 0 Å². The van der Waals surface area contributed by atoms with Crippen LogP contribution in [0.3, 0.4) is 0 Å². The molecule has 2 fully saturated rings. The molecule has 0 saturated heterocycles. The van der Waals surface area contributed by atoms with Gasteiger partial charge < -0.3 is 14.6 Å². The van der Waals surface area contributed by atoms with Gasteiger partial charge in [-0.2, -0.15) is 4.98 Å². The van der Waals surface area contributed by atoms with E-state index >= 15 is 0 Å². The molecule has 1 aromatic heterocycles. The van der Waals surface area contributed by atoms with Crippen molar-refractivity contribution in [3.63, 3.8) is 0 Å². The third-order valence-electron chi connectivity index (χ3n) is 3.43. The topological polar surface area (TPSA) is 77.2 Å². The summed E-state index contributed by atoms with van der Waals surface area (Å²) in [5.41, 5.74) is -0.505. The number of carbonyl (C=O) groups is 1. The SMILES string of the molecule is CC(C)(C)OC(=O)NC(c1noc(C2CC2)n1)C1CC1. The van der Waals surface area contributed by atoms with Gasteiger partial charge in [0.2, 0.25) is 5.89 Å². The summed E-state index contributed by atoms with van der Waals surface area (Å²) in [7, 11) is 0. The molecular formula is C14H21N3O3. The molecule has 3 rings (SSSR count). The number of amides is 1. The fourth-order valence-electron chi connectivity index (χ4n) is 2.13. The Balaban J connectivity index is 1.67. The lowest BCUT2D eigenvalue weighted by molar-refractivity contribution is 0.0494. The molecule has 110 valence electrons. The van der Waals surface area contributed by atoms with Crippen molar-refractivity contribution in [2.24, 2.45) is 5.92 Å². The van der Waals surface area contributed by atoms with Gasteiger partial charge >= 0.3 is 6.09 Å². The van der Waals surface area contributed by atoms with Gasteiger partial charge in [0.1, 0.15) is 5.60 Å². The van der Waals surface area contributed by atoms with Crippen molar-refractivity contribution >= 4 is 6.09 Å². The van der Waals surface area contributed by atoms with Crippen LogP contribution in [0.4, 0.5) is 4.79 Å². The van der Waals surface area contributed by atoms with Gasteiger partial charge in [-0.25, -0.2) is 4.79 Å². The second kappa shape index (κ2) is 4.75. The first-order valence-electron chi connectivity index (χ1n) is 7.25. The molecule has 6 heteroatoms. The zero-order valence-corrected chi connectivity index (χ0v) is 12.2. The van der Waals surface area contributed by atoms with E-state index in [-0.39, 0.29) is 6.04 Å². The predicted octanol–water partition coefficient (Wildman–Crippen LogP) is 2.92. The van der Waals surface area contributed by atoms with Crippen LogP contribution in [0.15, 0.2) is 4.52 Å². The molecule has 2 saturated carbocycles. The van der Waals surface area contributed by atoms with Gasteiger partial charge in [-0.05, 0) is 52.4 Å². The van der Waals surface area contributed by atoms with E-state index in [2.05, 4.69) is 15.5 Å². The van der Waals surface area contributed by atoms with Crippen molar-refractivity contribution in [2.75, 3.05) is 0 Å². The van der Waals surface area contributed by atoms with Crippen LogP contribution in [-0.4, -0.2) is 21.8 Å². The van der Waals surface area contributed by atoms with Gasteiger partial charge in [0.15, 0.2) is 5.82 Å². The number of carbonyl (C=O) groups excluding carboxylic acids is 1. The zero-order valence-electron chi connectivity index (χ0n) is 12.2. The van der Waals surface area contributed by atoms with Gasteiger partial charge in [0.05, 0.1) is 6.04 Å². The molecule has 0 aliphatic heterocycles. The second-order valence-corrected chi connectivity index (χ2v) is 6.73. The average molecular weight is 279 g/mol. The molecule has 20 heavy (non-hydrogen) atoms. The van der Waals surface area contributed by atoms with Gasteiger partial charge in [-0.15, -0.1) is 0 Å². The molecule has 2 aliphatic carbocycles. The Bertz CT molecular complexity index is 498. The van der Waals surface area contributed by atoms with Gasteiger partial charge in [-0.1, -0.05) is 5.16 Å². The summed E-state index contributed by atoms with van der Waals surface area (Å²) in [6.07, 6.45) is 3.97. The Morgan fingerprint density at radius 2 is 2.05 bits per heavy atom. The number of hydrogen-bond acceptors (Lipinski definition) is 5. The van der Waals surface area contributed by atoms with Crippen LogP contribution in [-0.2, 0) is 4.74 Å². The highest BCUT2D eigenvalue weighted by Gasteiger charge is 2.39. The van der Waals surface area contributed by atoms with E-state index in [4.69, 9.17) is 9.26 Å². The first kappa shape index (κ1) is 13.4. The van der Waals surface area contributed by atoms with Crippen LogP contribution in [0.5, 0.6) is 0 Å². The third-order valence-corrected chi connectivity index (χ3v) is 3.43. The fourth-order valence-corrected chi connectivity index (χ4v) is 2.13. The van der Waals surface area contributed by atoms with Crippen molar-refractivity contribution < 1.29 is 14.1 Å². The maximum atomic E-state index is 11.9. The summed E-state index contributed by atoms with van der Waals surface area (Å²) < 4.78 is 10.6. The largest absolute Gasteiger partial charge is 0.444 e. The smallest absolute Gasteiger partial charge is 0.408 e. The number of alkyl carbamates (subject to hydrolysis) is 1. The molecule has 2 aliphatic rings. The molecule has 0 aromatic carbocycles. The molecule has 1 amide bonds. The number of aromatic nitrogens is 2. The summed E-state index contributed by atoms with van der Waals surface area (Å²) in [6.45, 7) is 5.54. The fraction of sp³-hybridized carbons (Fsp3) is 0.786. The van der Waals surface area contributed by atoms with E-state index in [0.717, 1.165) is 25.7 Å². The quantitative estimate of drug-likeness (QED) is 0.916. The summed E-state index contributed by atoms with van der Waals surface area (Å²) in [5.74, 6) is 2.11. The molecule has 0 spiro atoms. The Kier molecular flexibility index (Phi) is 3.18. The summed E-state index contributed by atoms with van der Waals surface area (Å²) >= 11 is 0. The third kappa shape index (κ3) is 3.29. The predicted molar refractivity (Wildman–Crippen MR) is 71.1 cm³/mol. The van der Waals surface area contributed by atoms with E-state index in [1.807, 2.05) is 20.8 Å². The van der Waals surface area contributed by atoms with Crippen LogP contribution in [0.2, 0.25) is 0 Å². The number of nitrogens with one attached hydrogen (secondary N) is 1. The van der Waals surface area contributed by atoms with Crippen LogP contribution >= 0.6 is 0 Å². The molecule has 0 radical (unpaired) electrons. The van der Waals surface area contributed by atoms with E-state index in [1.54, 1.807) is 0 Å². The highest BCUT2D eigenvalue weighted by Crippen LogP contribution is 2.42. The van der Waals surface area contributed by atoms with Crippen molar-refractivity contribution in [1.82, 2.24) is 15.5 Å². The number of nitrogens with zero attached hydrogens (tertiary/aromatic N) is 2. The Morgan fingerprint density at radius 3 is 2.60 bits per heavy atom. The first-order chi connectivity index (χ1) is 9.42. The van der Waals surface area contributed by atoms with E-state index < -0.39 is 11.7 Å². The van der Waals surface area contributed by atoms with Gasteiger partial charge in [0, 0.05) is 5.92 Å². The Hall–Kier alpha value is -1.59. The van der Waals surface area contributed by atoms with E-state index in [0.29, 0.717) is 23.6 Å². The van der Waals surface area contributed by atoms with Crippen LogP contribution < -0.4 is 5.32 Å². The van der Waals surface area contributed by atoms with Crippen molar-refractivity contribution in [3.8, 4) is 0 Å². The summed E-state index contributed by atoms with van der Waals surface area (Å²) in [6, 6.07) is -0.193. The number of ether oxygens (including phenoxy) is 1. The molecule has 1 heterocycles. The minimum Gasteiger partial charge on any atom is -0.444 e. The van der Waals surface area contributed by atoms with Gasteiger partial charge in [-0.3, -0.25) is 0 Å². The lowest BCUT2D eigenvalue weighted by Crippen LogP contribution is -2.36. The highest BCUT2D eigenvalue weighted by molar-refractivity contribution is 5.68. The lowest BCUT2D eigenvalue weighted by Gasteiger charge is -2.22. The minimum atomic E-state index is -0.505. The first-order valence-corrected chi connectivity index (χ1v) is 7.25.